The Hall–Kier alpha value is -1.46. The minimum absolute atomic E-state index is 0.0308. The van der Waals surface area contributed by atoms with Crippen molar-refractivity contribution < 1.29 is 14.6 Å². The van der Waals surface area contributed by atoms with E-state index in [1.165, 1.54) is 0 Å². The fourth-order valence-corrected chi connectivity index (χ4v) is 3.08. The van der Waals surface area contributed by atoms with Crippen molar-refractivity contribution in [3.05, 3.63) is 30.1 Å². The van der Waals surface area contributed by atoms with Crippen LogP contribution in [0.3, 0.4) is 0 Å². The monoisotopic (exact) mass is 276 g/mol. The SMILES string of the molecule is O=C([C@H]1CCOC1)N1CC[C@H](O)[C@@H]1Cc1cccnc1. The minimum atomic E-state index is -0.443. The summed E-state index contributed by atoms with van der Waals surface area (Å²) in [4.78, 5) is 18.5. The molecule has 1 amide bonds. The number of hydrogen-bond acceptors (Lipinski definition) is 4. The summed E-state index contributed by atoms with van der Waals surface area (Å²) >= 11 is 0. The van der Waals surface area contributed by atoms with Gasteiger partial charge in [-0.05, 0) is 30.9 Å². The van der Waals surface area contributed by atoms with Gasteiger partial charge in [0.25, 0.3) is 0 Å². The first-order valence-electron chi connectivity index (χ1n) is 7.21. The zero-order valence-corrected chi connectivity index (χ0v) is 11.4. The molecule has 2 aliphatic rings. The first kappa shape index (κ1) is 13.5. The van der Waals surface area contributed by atoms with Gasteiger partial charge in [-0.2, -0.15) is 0 Å². The van der Waals surface area contributed by atoms with Gasteiger partial charge in [0, 0.05) is 25.5 Å². The number of carbonyl (C=O) groups excluding carboxylic acids is 1. The van der Waals surface area contributed by atoms with E-state index in [9.17, 15) is 9.90 Å². The highest BCUT2D eigenvalue weighted by atomic mass is 16.5. The number of pyridine rings is 1. The molecule has 0 unspecified atom stereocenters. The molecular formula is C15H20N2O3. The molecule has 3 heterocycles. The highest BCUT2D eigenvalue weighted by molar-refractivity contribution is 5.80. The van der Waals surface area contributed by atoms with Gasteiger partial charge >= 0.3 is 0 Å². The average Bonchev–Trinajstić information content (AvgIpc) is 3.11. The Balaban J connectivity index is 1.71. The van der Waals surface area contributed by atoms with E-state index in [2.05, 4.69) is 4.98 Å². The molecule has 20 heavy (non-hydrogen) atoms. The molecule has 0 aliphatic carbocycles. The van der Waals surface area contributed by atoms with E-state index < -0.39 is 6.10 Å². The van der Waals surface area contributed by atoms with Crippen LogP contribution in [0.1, 0.15) is 18.4 Å². The van der Waals surface area contributed by atoms with Crippen molar-refractivity contribution in [2.45, 2.75) is 31.4 Å². The van der Waals surface area contributed by atoms with Gasteiger partial charge in [0.1, 0.15) is 0 Å². The predicted octanol–water partition coefficient (Wildman–Crippen LogP) is 0.622. The van der Waals surface area contributed by atoms with Crippen LogP contribution in [0.2, 0.25) is 0 Å². The molecular weight excluding hydrogens is 256 g/mol. The molecule has 0 radical (unpaired) electrons. The Labute approximate surface area is 118 Å². The summed E-state index contributed by atoms with van der Waals surface area (Å²) in [6, 6.07) is 3.74. The third kappa shape index (κ3) is 2.69. The molecule has 3 rings (SSSR count). The number of aliphatic hydroxyl groups is 1. The van der Waals surface area contributed by atoms with Gasteiger partial charge in [-0.1, -0.05) is 6.07 Å². The lowest BCUT2D eigenvalue weighted by Crippen LogP contribution is -2.44. The largest absolute Gasteiger partial charge is 0.391 e. The molecule has 2 fully saturated rings. The molecule has 1 aromatic heterocycles. The van der Waals surface area contributed by atoms with Crippen molar-refractivity contribution in [2.24, 2.45) is 5.92 Å². The molecule has 108 valence electrons. The van der Waals surface area contributed by atoms with Crippen LogP contribution in [0.5, 0.6) is 0 Å². The Morgan fingerprint density at radius 3 is 3.10 bits per heavy atom. The Morgan fingerprint density at radius 1 is 1.50 bits per heavy atom. The van der Waals surface area contributed by atoms with E-state index in [4.69, 9.17) is 4.74 Å². The Morgan fingerprint density at radius 2 is 2.40 bits per heavy atom. The number of hydrogen-bond donors (Lipinski definition) is 1. The zero-order chi connectivity index (χ0) is 13.9. The summed E-state index contributed by atoms with van der Waals surface area (Å²) in [7, 11) is 0. The van der Waals surface area contributed by atoms with Crippen LogP contribution >= 0.6 is 0 Å². The zero-order valence-electron chi connectivity index (χ0n) is 11.4. The van der Waals surface area contributed by atoms with E-state index in [1.807, 2.05) is 17.0 Å². The van der Waals surface area contributed by atoms with Crippen molar-refractivity contribution in [3.8, 4) is 0 Å². The minimum Gasteiger partial charge on any atom is -0.391 e. The normalized spacial score (nSPS) is 29.9. The topological polar surface area (TPSA) is 62.7 Å². The molecule has 5 heteroatoms. The summed E-state index contributed by atoms with van der Waals surface area (Å²) in [6.45, 7) is 1.83. The number of carbonyl (C=O) groups is 1. The third-order valence-corrected chi connectivity index (χ3v) is 4.24. The second-order valence-electron chi connectivity index (χ2n) is 5.58. The van der Waals surface area contributed by atoms with Crippen molar-refractivity contribution in [3.63, 3.8) is 0 Å². The molecule has 0 spiro atoms. The van der Waals surface area contributed by atoms with Crippen LogP contribution in [0.4, 0.5) is 0 Å². The van der Waals surface area contributed by atoms with Gasteiger partial charge in [-0.3, -0.25) is 9.78 Å². The standard InChI is InChI=1S/C15H20N2O3/c18-14-3-6-17(15(19)12-4-7-20-10-12)13(14)8-11-2-1-5-16-9-11/h1-2,5,9,12-14,18H,3-4,6-8,10H2/t12-,13-,14-/m0/s1. The van der Waals surface area contributed by atoms with E-state index >= 15 is 0 Å². The number of ether oxygens (including phenoxy) is 1. The molecule has 2 aliphatic heterocycles. The molecule has 3 atom stereocenters. The van der Waals surface area contributed by atoms with Gasteiger partial charge < -0.3 is 14.7 Å². The molecule has 0 aromatic carbocycles. The van der Waals surface area contributed by atoms with Crippen molar-refractivity contribution in [1.82, 2.24) is 9.88 Å². The van der Waals surface area contributed by atoms with Crippen LogP contribution in [-0.4, -0.2) is 52.8 Å². The number of aliphatic hydroxyl groups excluding tert-OH is 1. The van der Waals surface area contributed by atoms with Gasteiger partial charge in [-0.25, -0.2) is 0 Å². The number of likely N-dealkylation sites (tertiary alicyclic amines) is 1. The smallest absolute Gasteiger partial charge is 0.228 e. The van der Waals surface area contributed by atoms with Crippen molar-refractivity contribution in [2.75, 3.05) is 19.8 Å². The second kappa shape index (κ2) is 5.89. The lowest BCUT2D eigenvalue weighted by atomic mass is 10.0. The Bertz CT molecular complexity index is 459. The molecule has 1 N–H and O–H groups in total. The van der Waals surface area contributed by atoms with Gasteiger partial charge in [0.05, 0.1) is 24.7 Å². The molecule has 2 saturated heterocycles. The van der Waals surface area contributed by atoms with Crippen molar-refractivity contribution >= 4 is 5.91 Å². The molecule has 0 bridgehead atoms. The van der Waals surface area contributed by atoms with Crippen LogP contribution in [0, 0.1) is 5.92 Å². The van der Waals surface area contributed by atoms with E-state index in [0.29, 0.717) is 32.6 Å². The number of amides is 1. The molecule has 1 aromatic rings. The maximum Gasteiger partial charge on any atom is 0.228 e. The summed E-state index contributed by atoms with van der Waals surface area (Å²) in [5.74, 6) is 0.102. The van der Waals surface area contributed by atoms with Crippen LogP contribution in [-0.2, 0) is 16.0 Å². The highest BCUT2D eigenvalue weighted by Gasteiger charge is 2.39. The maximum atomic E-state index is 12.5. The Kier molecular flexibility index (Phi) is 3.98. The fourth-order valence-electron chi connectivity index (χ4n) is 3.08. The van der Waals surface area contributed by atoms with Gasteiger partial charge in [0.2, 0.25) is 5.91 Å². The lowest BCUT2D eigenvalue weighted by molar-refractivity contribution is -0.137. The molecule has 5 nitrogen and oxygen atoms in total. The summed E-state index contributed by atoms with van der Waals surface area (Å²) in [6.07, 6.45) is 5.20. The number of rotatable bonds is 3. The first-order valence-corrected chi connectivity index (χ1v) is 7.21. The predicted molar refractivity (Wildman–Crippen MR) is 73.0 cm³/mol. The highest BCUT2D eigenvalue weighted by Crippen LogP contribution is 2.26. The third-order valence-electron chi connectivity index (χ3n) is 4.24. The van der Waals surface area contributed by atoms with Gasteiger partial charge in [-0.15, -0.1) is 0 Å². The van der Waals surface area contributed by atoms with Gasteiger partial charge in [0.15, 0.2) is 0 Å². The quantitative estimate of drug-likeness (QED) is 0.879. The summed E-state index contributed by atoms with van der Waals surface area (Å²) < 4.78 is 5.30. The van der Waals surface area contributed by atoms with E-state index in [1.54, 1.807) is 12.4 Å². The van der Waals surface area contributed by atoms with Crippen LogP contribution in [0.15, 0.2) is 24.5 Å². The molecule has 0 saturated carbocycles. The number of nitrogens with zero attached hydrogens (tertiary/aromatic N) is 2. The summed E-state index contributed by atoms with van der Waals surface area (Å²) in [5.41, 5.74) is 1.05. The average molecular weight is 276 g/mol. The van der Waals surface area contributed by atoms with Crippen molar-refractivity contribution in [1.29, 1.82) is 0 Å². The van der Waals surface area contributed by atoms with Crippen LogP contribution in [0.25, 0.3) is 0 Å². The summed E-state index contributed by atoms with van der Waals surface area (Å²) in [5, 5.41) is 10.2. The second-order valence-corrected chi connectivity index (χ2v) is 5.58. The lowest BCUT2D eigenvalue weighted by Gasteiger charge is -2.28. The maximum absolute atomic E-state index is 12.5. The van der Waals surface area contributed by atoms with E-state index in [-0.39, 0.29) is 17.9 Å². The van der Waals surface area contributed by atoms with Crippen LogP contribution < -0.4 is 0 Å². The van der Waals surface area contributed by atoms with E-state index in [0.717, 1.165) is 12.0 Å². The fraction of sp³-hybridized carbons (Fsp3) is 0.600. The first-order chi connectivity index (χ1) is 9.75. The number of aromatic nitrogens is 1.